The monoisotopic (exact) mass is 215 g/mol. The van der Waals surface area contributed by atoms with Crippen molar-refractivity contribution in [3.8, 4) is 0 Å². The molecule has 0 aromatic rings. The standard InChI is InChI=1S/C11H21NO3/c1-5-7(3)9(11(14)15)12-10(13)8(4)6-2/h7-9H,5-6H2,1-4H3,(H,12,13)(H,14,15)/t7-,8?,9-/m0/s1. The van der Waals surface area contributed by atoms with Crippen molar-refractivity contribution in [1.29, 1.82) is 0 Å². The minimum absolute atomic E-state index is 0.0458. The van der Waals surface area contributed by atoms with Crippen molar-refractivity contribution in [2.75, 3.05) is 0 Å². The molecule has 0 radical (unpaired) electrons. The van der Waals surface area contributed by atoms with Crippen LogP contribution in [0.2, 0.25) is 0 Å². The van der Waals surface area contributed by atoms with E-state index in [4.69, 9.17) is 5.11 Å². The second-order valence-corrected chi connectivity index (χ2v) is 4.02. The first-order chi connectivity index (χ1) is 6.93. The Labute approximate surface area is 91.1 Å². The van der Waals surface area contributed by atoms with E-state index in [2.05, 4.69) is 5.32 Å². The summed E-state index contributed by atoms with van der Waals surface area (Å²) in [5, 5.41) is 11.5. The molecule has 0 aliphatic carbocycles. The number of hydrogen-bond donors (Lipinski definition) is 2. The molecule has 4 nitrogen and oxygen atoms in total. The van der Waals surface area contributed by atoms with Gasteiger partial charge in [0, 0.05) is 5.92 Å². The van der Waals surface area contributed by atoms with Crippen LogP contribution in [-0.2, 0) is 9.59 Å². The van der Waals surface area contributed by atoms with E-state index in [0.717, 1.165) is 12.8 Å². The van der Waals surface area contributed by atoms with Gasteiger partial charge in [0.05, 0.1) is 0 Å². The van der Waals surface area contributed by atoms with Gasteiger partial charge in [0.2, 0.25) is 5.91 Å². The molecule has 4 heteroatoms. The third kappa shape index (κ3) is 4.32. The molecule has 88 valence electrons. The molecule has 1 amide bonds. The van der Waals surface area contributed by atoms with Gasteiger partial charge >= 0.3 is 5.97 Å². The van der Waals surface area contributed by atoms with Crippen molar-refractivity contribution in [3.63, 3.8) is 0 Å². The highest BCUT2D eigenvalue weighted by Crippen LogP contribution is 2.09. The summed E-state index contributed by atoms with van der Waals surface area (Å²) in [6.07, 6.45) is 1.45. The SMILES string of the molecule is CCC(C)C(=O)N[C@H](C(=O)O)[C@@H](C)CC. The third-order valence-corrected chi connectivity index (χ3v) is 2.84. The van der Waals surface area contributed by atoms with Crippen LogP contribution in [-0.4, -0.2) is 23.0 Å². The van der Waals surface area contributed by atoms with E-state index in [0.29, 0.717) is 0 Å². The van der Waals surface area contributed by atoms with E-state index < -0.39 is 12.0 Å². The highest BCUT2D eigenvalue weighted by molar-refractivity contribution is 5.84. The summed E-state index contributed by atoms with van der Waals surface area (Å²) in [4.78, 5) is 22.5. The summed E-state index contributed by atoms with van der Waals surface area (Å²) >= 11 is 0. The van der Waals surface area contributed by atoms with E-state index in [-0.39, 0.29) is 17.7 Å². The second kappa shape index (κ2) is 6.43. The molecule has 2 N–H and O–H groups in total. The fourth-order valence-electron chi connectivity index (χ4n) is 1.16. The van der Waals surface area contributed by atoms with Crippen molar-refractivity contribution in [1.82, 2.24) is 5.32 Å². The van der Waals surface area contributed by atoms with Crippen molar-refractivity contribution in [2.45, 2.75) is 46.6 Å². The maximum Gasteiger partial charge on any atom is 0.326 e. The average molecular weight is 215 g/mol. The average Bonchev–Trinajstić information content (AvgIpc) is 2.22. The van der Waals surface area contributed by atoms with Gasteiger partial charge in [0.1, 0.15) is 6.04 Å². The predicted octanol–water partition coefficient (Wildman–Crippen LogP) is 1.65. The summed E-state index contributed by atoms with van der Waals surface area (Å²) < 4.78 is 0. The van der Waals surface area contributed by atoms with Crippen LogP contribution >= 0.6 is 0 Å². The molecule has 0 saturated carbocycles. The molecule has 0 aromatic heterocycles. The molecule has 15 heavy (non-hydrogen) atoms. The molecule has 0 heterocycles. The Bertz CT molecular complexity index is 228. The van der Waals surface area contributed by atoms with E-state index in [1.807, 2.05) is 20.8 Å². The summed E-state index contributed by atoms with van der Waals surface area (Å²) in [7, 11) is 0. The molecule has 0 aliphatic heterocycles. The Hall–Kier alpha value is -1.06. The summed E-state index contributed by atoms with van der Waals surface area (Å²) in [5.41, 5.74) is 0. The van der Waals surface area contributed by atoms with Crippen LogP contribution < -0.4 is 5.32 Å². The molecule has 0 aromatic carbocycles. The van der Waals surface area contributed by atoms with Gasteiger partial charge in [-0.3, -0.25) is 4.79 Å². The molecule has 0 saturated heterocycles. The number of carboxylic acids is 1. The zero-order valence-electron chi connectivity index (χ0n) is 9.91. The second-order valence-electron chi connectivity index (χ2n) is 4.02. The van der Waals surface area contributed by atoms with E-state index >= 15 is 0 Å². The lowest BCUT2D eigenvalue weighted by molar-refractivity contribution is -0.143. The number of nitrogens with one attached hydrogen (secondary N) is 1. The number of carbonyl (C=O) groups excluding carboxylic acids is 1. The topological polar surface area (TPSA) is 66.4 Å². The first-order valence-electron chi connectivity index (χ1n) is 5.47. The lowest BCUT2D eigenvalue weighted by Gasteiger charge is -2.21. The van der Waals surface area contributed by atoms with Gasteiger partial charge in [-0.25, -0.2) is 4.79 Å². The third-order valence-electron chi connectivity index (χ3n) is 2.84. The maximum absolute atomic E-state index is 11.5. The molecule has 0 bridgehead atoms. The Kier molecular flexibility index (Phi) is 5.97. The first kappa shape index (κ1) is 13.9. The summed E-state index contributed by atoms with van der Waals surface area (Å²) in [5.74, 6) is -1.31. The van der Waals surface area contributed by atoms with Gasteiger partial charge in [-0.05, 0) is 12.3 Å². The van der Waals surface area contributed by atoms with Gasteiger partial charge < -0.3 is 10.4 Å². The summed E-state index contributed by atoms with van der Waals surface area (Å²) in [6.45, 7) is 7.44. The molecule has 1 unspecified atom stereocenters. The number of rotatable bonds is 6. The molecule has 0 aliphatic rings. The quantitative estimate of drug-likeness (QED) is 0.708. The number of hydrogen-bond acceptors (Lipinski definition) is 2. The number of amides is 1. The highest BCUT2D eigenvalue weighted by Gasteiger charge is 2.26. The largest absolute Gasteiger partial charge is 0.480 e. The van der Waals surface area contributed by atoms with Crippen molar-refractivity contribution < 1.29 is 14.7 Å². The smallest absolute Gasteiger partial charge is 0.326 e. The van der Waals surface area contributed by atoms with Crippen LogP contribution in [0.5, 0.6) is 0 Å². The summed E-state index contributed by atoms with van der Waals surface area (Å²) in [6, 6.07) is -0.767. The van der Waals surface area contributed by atoms with Gasteiger partial charge in [-0.15, -0.1) is 0 Å². The fraction of sp³-hybridized carbons (Fsp3) is 0.818. The fourth-order valence-corrected chi connectivity index (χ4v) is 1.16. The van der Waals surface area contributed by atoms with Crippen LogP contribution in [0.1, 0.15) is 40.5 Å². The van der Waals surface area contributed by atoms with Crippen LogP contribution in [0.15, 0.2) is 0 Å². The van der Waals surface area contributed by atoms with Crippen molar-refractivity contribution >= 4 is 11.9 Å². The number of carboxylic acid groups (broad SMARTS) is 1. The first-order valence-corrected chi connectivity index (χ1v) is 5.47. The Balaban J connectivity index is 4.42. The zero-order chi connectivity index (χ0) is 12.0. The zero-order valence-corrected chi connectivity index (χ0v) is 9.91. The number of aliphatic carboxylic acids is 1. The molecule has 0 fully saturated rings. The van der Waals surface area contributed by atoms with E-state index in [1.165, 1.54) is 0 Å². The minimum Gasteiger partial charge on any atom is -0.480 e. The molecular formula is C11H21NO3. The normalized spacial score (nSPS) is 16.5. The molecular weight excluding hydrogens is 194 g/mol. The van der Waals surface area contributed by atoms with E-state index in [9.17, 15) is 9.59 Å². The Morgan fingerprint density at radius 3 is 2.07 bits per heavy atom. The Morgan fingerprint density at radius 2 is 1.73 bits per heavy atom. The lowest BCUT2D eigenvalue weighted by Crippen LogP contribution is -2.46. The van der Waals surface area contributed by atoms with E-state index in [1.54, 1.807) is 6.92 Å². The van der Waals surface area contributed by atoms with Gasteiger partial charge in [-0.1, -0.05) is 34.1 Å². The van der Waals surface area contributed by atoms with Crippen LogP contribution in [0.3, 0.4) is 0 Å². The van der Waals surface area contributed by atoms with Crippen LogP contribution in [0.4, 0.5) is 0 Å². The predicted molar refractivity (Wildman–Crippen MR) is 58.5 cm³/mol. The van der Waals surface area contributed by atoms with Gasteiger partial charge in [-0.2, -0.15) is 0 Å². The van der Waals surface area contributed by atoms with Crippen LogP contribution in [0.25, 0.3) is 0 Å². The van der Waals surface area contributed by atoms with Gasteiger partial charge in [0.25, 0.3) is 0 Å². The molecule has 0 rings (SSSR count). The minimum atomic E-state index is -0.957. The Morgan fingerprint density at radius 1 is 1.20 bits per heavy atom. The maximum atomic E-state index is 11.5. The molecule has 3 atom stereocenters. The van der Waals surface area contributed by atoms with Crippen molar-refractivity contribution in [2.24, 2.45) is 11.8 Å². The highest BCUT2D eigenvalue weighted by atomic mass is 16.4. The van der Waals surface area contributed by atoms with Crippen LogP contribution in [0, 0.1) is 11.8 Å². The molecule has 0 spiro atoms. The lowest BCUT2D eigenvalue weighted by atomic mass is 9.98. The van der Waals surface area contributed by atoms with Crippen molar-refractivity contribution in [3.05, 3.63) is 0 Å². The van der Waals surface area contributed by atoms with Gasteiger partial charge in [0.15, 0.2) is 0 Å². The number of carbonyl (C=O) groups is 2.